The maximum atomic E-state index is 12.9. The molecule has 1 aliphatic heterocycles. The first-order chi connectivity index (χ1) is 20.0. The number of hydrogen-bond donors (Lipinski definition) is 2. The van der Waals surface area contributed by atoms with Gasteiger partial charge in [0, 0.05) is 75.4 Å². The van der Waals surface area contributed by atoms with Gasteiger partial charge in [0.15, 0.2) is 5.16 Å². The molecule has 0 fully saturated rings. The van der Waals surface area contributed by atoms with Crippen LogP contribution in [0.1, 0.15) is 44.7 Å². The summed E-state index contributed by atoms with van der Waals surface area (Å²) in [5, 5.41) is 5.59. The number of imidazole rings is 1. The molecule has 3 aromatic rings. The maximum absolute atomic E-state index is 12.9. The molecule has 0 radical (unpaired) electrons. The third-order valence-corrected chi connectivity index (χ3v) is 7.82. The van der Waals surface area contributed by atoms with Crippen molar-refractivity contribution in [2.45, 2.75) is 45.2 Å². The molecular formula is C30H38N6O5S. The molecule has 224 valence electrons. The average molecular weight is 595 g/mol. The Balaban J connectivity index is 1.98. The summed E-state index contributed by atoms with van der Waals surface area (Å²) in [7, 11) is 5.44. The lowest BCUT2D eigenvalue weighted by Gasteiger charge is -2.21. The predicted octanol–water partition coefficient (Wildman–Crippen LogP) is 5.65. The van der Waals surface area contributed by atoms with Crippen LogP contribution in [0.25, 0.3) is 16.9 Å². The summed E-state index contributed by atoms with van der Waals surface area (Å²) in [5.41, 5.74) is 5.05. The number of benzene rings is 2. The second-order valence-corrected chi connectivity index (χ2v) is 11.3. The van der Waals surface area contributed by atoms with Crippen LogP contribution in [0.3, 0.4) is 0 Å². The first-order valence-corrected chi connectivity index (χ1v) is 14.8. The highest BCUT2D eigenvalue weighted by Gasteiger charge is 2.28. The van der Waals surface area contributed by atoms with Crippen LogP contribution in [-0.4, -0.2) is 72.7 Å². The molecule has 1 aromatic heterocycles. The summed E-state index contributed by atoms with van der Waals surface area (Å²) >= 11 is 1.02. The first-order valence-electron chi connectivity index (χ1n) is 14.0. The molecule has 4 rings (SSSR count). The molecule has 2 N–H and O–H groups in total. The minimum Gasteiger partial charge on any atom is -0.410 e. The summed E-state index contributed by atoms with van der Waals surface area (Å²) in [6.45, 7) is 9.21. The van der Waals surface area contributed by atoms with Crippen LogP contribution in [0.4, 0.5) is 20.1 Å². The van der Waals surface area contributed by atoms with Crippen molar-refractivity contribution in [3.63, 3.8) is 0 Å². The Hall–Kier alpha value is -4.19. The van der Waals surface area contributed by atoms with Crippen LogP contribution in [0.2, 0.25) is 0 Å². The minimum atomic E-state index is -0.648. The second kappa shape index (κ2) is 13.2. The third kappa shape index (κ3) is 6.48. The number of nitrogens with zero attached hydrogens (tertiary/aromatic N) is 4. The summed E-state index contributed by atoms with van der Waals surface area (Å²) in [4.78, 5) is 46.3. The van der Waals surface area contributed by atoms with E-state index in [0.717, 1.165) is 47.2 Å². The monoisotopic (exact) mass is 594 g/mol. The van der Waals surface area contributed by atoms with E-state index < -0.39 is 12.2 Å². The Morgan fingerprint density at radius 2 is 1.67 bits per heavy atom. The second-order valence-electron chi connectivity index (χ2n) is 10.4. The molecule has 0 saturated heterocycles. The highest BCUT2D eigenvalue weighted by Crippen LogP contribution is 2.43. The quantitative estimate of drug-likeness (QED) is 0.322. The number of anilines is 1. The minimum absolute atomic E-state index is 0.0400. The molecule has 3 amide bonds. The molecular weight excluding hydrogens is 556 g/mol. The molecule has 0 unspecified atom stereocenters. The van der Waals surface area contributed by atoms with Gasteiger partial charge in [-0.05, 0) is 49.9 Å². The molecule has 2 heterocycles. The number of amides is 3. The Labute approximate surface area is 250 Å². The van der Waals surface area contributed by atoms with Crippen LogP contribution >= 0.6 is 11.8 Å². The molecule has 42 heavy (non-hydrogen) atoms. The summed E-state index contributed by atoms with van der Waals surface area (Å²) in [6, 6.07) is 9.49. The van der Waals surface area contributed by atoms with Gasteiger partial charge in [0.2, 0.25) is 0 Å². The van der Waals surface area contributed by atoms with Gasteiger partial charge in [-0.25, -0.2) is 14.6 Å². The van der Waals surface area contributed by atoms with Gasteiger partial charge in [-0.15, -0.1) is 0 Å². The standard InChI is InChI=1S/C30H38N6O5S/c1-8-31-28(37)40-25-16-26(41-29(38)32-9-2)21(15-20(25)18(3)4)24-17-33-27(42-30(39)34(5)6)36(24)23-12-10-11-22-19(23)13-14-35(22)7/h10-12,15-18H,8-9,13-14H2,1-7H3,(H,31,37)(H,32,38). The molecule has 0 bridgehead atoms. The molecule has 2 aromatic carbocycles. The lowest BCUT2D eigenvalue weighted by atomic mass is 9.97. The summed E-state index contributed by atoms with van der Waals surface area (Å²) in [6.07, 6.45) is 1.25. The van der Waals surface area contributed by atoms with E-state index in [0.29, 0.717) is 29.5 Å². The Bertz CT molecular complexity index is 1490. The average Bonchev–Trinajstić information content (AvgIpc) is 3.52. The number of hydrogen-bond acceptors (Lipinski definition) is 8. The van der Waals surface area contributed by atoms with Gasteiger partial charge < -0.3 is 29.9 Å². The zero-order valence-corrected chi connectivity index (χ0v) is 25.9. The van der Waals surface area contributed by atoms with Crippen molar-refractivity contribution in [3.8, 4) is 28.4 Å². The number of thioether (sulfide) groups is 1. The van der Waals surface area contributed by atoms with Crippen LogP contribution in [0.15, 0.2) is 41.7 Å². The van der Waals surface area contributed by atoms with E-state index in [9.17, 15) is 14.4 Å². The van der Waals surface area contributed by atoms with Gasteiger partial charge in [0.25, 0.3) is 5.24 Å². The molecule has 0 aliphatic carbocycles. The van der Waals surface area contributed by atoms with Gasteiger partial charge in [-0.3, -0.25) is 9.36 Å². The van der Waals surface area contributed by atoms with E-state index in [-0.39, 0.29) is 22.7 Å². The van der Waals surface area contributed by atoms with Crippen molar-refractivity contribution >= 4 is 34.9 Å². The number of fused-ring (bicyclic) bond motifs is 1. The highest BCUT2D eigenvalue weighted by molar-refractivity contribution is 8.13. The van der Waals surface area contributed by atoms with Crippen molar-refractivity contribution in [2.24, 2.45) is 0 Å². The Kier molecular flexibility index (Phi) is 9.66. The number of aromatic nitrogens is 2. The van der Waals surface area contributed by atoms with Crippen molar-refractivity contribution < 1.29 is 23.9 Å². The largest absolute Gasteiger partial charge is 0.412 e. The number of ether oxygens (including phenoxy) is 2. The van der Waals surface area contributed by atoms with Gasteiger partial charge in [-0.2, -0.15) is 0 Å². The van der Waals surface area contributed by atoms with E-state index in [4.69, 9.17) is 9.47 Å². The fraction of sp³-hybridized carbons (Fsp3) is 0.400. The molecule has 0 saturated carbocycles. The van der Waals surface area contributed by atoms with Gasteiger partial charge in [-0.1, -0.05) is 19.9 Å². The summed E-state index contributed by atoms with van der Waals surface area (Å²) in [5.74, 6) is 0.428. The van der Waals surface area contributed by atoms with E-state index in [1.807, 2.05) is 36.6 Å². The lowest BCUT2D eigenvalue weighted by Crippen LogP contribution is -2.27. The Morgan fingerprint density at radius 3 is 2.29 bits per heavy atom. The highest BCUT2D eigenvalue weighted by atomic mass is 32.2. The molecule has 0 spiro atoms. The number of carbonyl (C=O) groups is 3. The van der Waals surface area contributed by atoms with Gasteiger partial charge in [0.1, 0.15) is 11.5 Å². The van der Waals surface area contributed by atoms with Crippen LogP contribution in [0.5, 0.6) is 11.5 Å². The number of carbonyl (C=O) groups excluding carboxylic acids is 3. The van der Waals surface area contributed by atoms with E-state index in [1.54, 1.807) is 40.2 Å². The number of likely N-dealkylation sites (N-methyl/N-ethyl adjacent to an activating group) is 1. The fourth-order valence-electron chi connectivity index (χ4n) is 4.75. The van der Waals surface area contributed by atoms with Crippen molar-refractivity contribution in [1.82, 2.24) is 25.1 Å². The SMILES string of the molecule is CCNC(=O)Oc1cc(OC(=O)NCC)c(C(C)C)cc1-c1cnc(SC(=O)N(C)C)n1-c1cccc2c1CCN2C. The van der Waals surface area contributed by atoms with E-state index in [1.165, 1.54) is 4.90 Å². The maximum Gasteiger partial charge on any atom is 0.412 e. The molecule has 0 atom stereocenters. The molecule has 11 nitrogen and oxygen atoms in total. The van der Waals surface area contributed by atoms with Crippen LogP contribution in [0, 0.1) is 0 Å². The third-order valence-electron chi connectivity index (χ3n) is 6.81. The number of rotatable bonds is 8. The fourth-order valence-corrected chi connectivity index (χ4v) is 5.48. The van der Waals surface area contributed by atoms with Crippen LogP contribution in [-0.2, 0) is 6.42 Å². The lowest BCUT2D eigenvalue weighted by molar-refractivity contribution is 0.199. The predicted molar refractivity (Wildman–Crippen MR) is 164 cm³/mol. The van der Waals surface area contributed by atoms with Gasteiger partial charge >= 0.3 is 12.2 Å². The summed E-state index contributed by atoms with van der Waals surface area (Å²) < 4.78 is 13.4. The van der Waals surface area contributed by atoms with E-state index in [2.05, 4.69) is 33.6 Å². The normalized spacial score (nSPS) is 12.2. The smallest absolute Gasteiger partial charge is 0.410 e. The van der Waals surface area contributed by atoms with Crippen molar-refractivity contribution in [3.05, 3.63) is 47.7 Å². The molecule has 1 aliphatic rings. The molecule has 12 heteroatoms. The zero-order chi connectivity index (χ0) is 30.6. The zero-order valence-electron chi connectivity index (χ0n) is 25.1. The topological polar surface area (TPSA) is 118 Å². The van der Waals surface area contributed by atoms with Gasteiger partial charge in [0.05, 0.1) is 17.6 Å². The first kappa shape index (κ1) is 30.8. The van der Waals surface area contributed by atoms with Crippen LogP contribution < -0.4 is 25.0 Å². The van der Waals surface area contributed by atoms with E-state index >= 15 is 0 Å². The number of nitrogens with one attached hydrogen (secondary N) is 2. The van der Waals surface area contributed by atoms with Crippen molar-refractivity contribution in [2.75, 3.05) is 45.7 Å². The van der Waals surface area contributed by atoms with Crippen molar-refractivity contribution in [1.29, 1.82) is 0 Å². The Morgan fingerprint density at radius 1 is 1.02 bits per heavy atom.